The molecule has 0 aliphatic rings. The Bertz CT molecular complexity index is 465. The van der Waals surface area contributed by atoms with Crippen molar-refractivity contribution in [2.24, 2.45) is 0 Å². The molecule has 0 amide bonds. The lowest BCUT2D eigenvalue weighted by atomic mass is 10.1. The van der Waals surface area contributed by atoms with Crippen molar-refractivity contribution in [2.75, 3.05) is 12.3 Å². The fraction of sp³-hybridized carbons (Fsp3) is 0.143. The minimum absolute atomic E-state index is 0.627. The van der Waals surface area contributed by atoms with E-state index < -0.39 is 0 Å². The molecule has 0 aliphatic heterocycles. The zero-order chi connectivity index (χ0) is 11.4. The molecule has 2 rings (SSSR count). The second-order valence-electron chi connectivity index (χ2n) is 3.55. The Morgan fingerprint density at radius 2 is 1.75 bits per heavy atom. The van der Waals surface area contributed by atoms with Crippen LogP contribution in [0.25, 0.3) is 11.1 Å². The molecule has 2 N–H and O–H groups in total. The molecule has 2 nitrogen and oxygen atoms in total. The Balaban J connectivity index is 2.40. The van der Waals surface area contributed by atoms with E-state index >= 15 is 0 Å². The van der Waals surface area contributed by atoms with Gasteiger partial charge in [-0.25, -0.2) is 0 Å². The van der Waals surface area contributed by atoms with Crippen molar-refractivity contribution < 1.29 is 4.74 Å². The quantitative estimate of drug-likeness (QED) is 0.794. The van der Waals surface area contributed by atoms with Crippen molar-refractivity contribution in [2.45, 2.75) is 6.92 Å². The molecule has 0 bridgehead atoms. The molecule has 2 aromatic rings. The first-order valence-corrected chi connectivity index (χ1v) is 5.39. The molecule has 0 unspecified atom stereocenters. The van der Waals surface area contributed by atoms with Crippen molar-refractivity contribution in [3.63, 3.8) is 0 Å². The second-order valence-corrected chi connectivity index (χ2v) is 3.55. The molecule has 0 aromatic heterocycles. The molecule has 0 saturated heterocycles. The molecule has 0 spiro atoms. The van der Waals surface area contributed by atoms with Gasteiger partial charge in [-0.2, -0.15) is 0 Å². The Morgan fingerprint density at radius 1 is 1.00 bits per heavy atom. The summed E-state index contributed by atoms with van der Waals surface area (Å²) in [7, 11) is 0. The Hall–Kier alpha value is -1.96. The highest BCUT2D eigenvalue weighted by molar-refractivity contribution is 5.69. The van der Waals surface area contributed by atoms with E-state index in [4.69, 9.17) is 10.5 Å². The van der Waals surface area contributed by atoms with Crippen molar-refractivity contribution >= 4 is 5.69 Å². The van der Waals surface area contributed by atoms with Gasteiger partial charge in [0.15, 0.2) is 0 Å². The van der Waals surface area contributed by atoms with E-state index in [-0.39, 0.29) is 0 Å². The number of nitrogens with two attached hydrogens (primary N) is 1. The van der Waals surface area contributed by atoms with Crippen molar-refractivity contribution in [1.29, 1.82) is 0 Å². The maximum Gasteiger partial charge on any atom is 0.142 e. The molecule has 0 aliphatic carbocycles. The summed E-state index contributed by atoms with van der Waals surface area (Å²) in [5, 5.41) is 0. The first kappa shape index (κ1) is 10.6. The molecule has 82 valence electrons. The van der Waals surface area contributed by atoms with Crippen LogP contribution in [-0.2, 0) is 0 Å². The number of benzene rings is 2. The topological polar surface area (TPSA) is 35.2 Å². The van der Waals surface area contributed by atoms with Crippen molar-refractivity contribution in [3.8, 4) is 16.9 Å². The summed E-state index contributed by atoms with van der Waals surface area (Å²) in [6.07, 6.45) is 0. The van der Waals surface area contributed by atoms with Gasteiger partial charge in [-0.15, -0.1) is 0 Å². The van der Waals surface area contributed by atoms with Crippen LogP contribution < -0.4 is 10.5 Å². The van der Waals surface area contributed by atoms with Crippen LogP contribution in [0.2, 0.25) is 0 Å². The van der Waals surface area contributed by atoms with Crippen LogP contribution in [0.3, 0.4) is 0 Å². The van der Waals surface area contributed by atoms with E-state index in [1.807, 2.05) is 43.3 Å². The number of hydrogen-bond donors (Lipinski definition) is 1. The average molecular weight is 213 g/mol. The van der Waals surface area contributed by atoms with Gasteiger partial charge < -0.3 is 10.5 Å². The lowest BCUT2D eigenvalue weighted by Gasteiger charge is -2.09. The minimum Gasteiger partial charge on any atom is -0.492 e. The smallest absolute Gasteiger partial charge is 0.142 e. The third-order valence-corrected chi connectivity index (χ3v) is 2.42. The van der Waals surface area contributed by atoms with Gasteiger partial charge in [0.25, 0.3) is 0 Å². The van der Waals surface area contributed by atoms with Gasteiger partial charge in [0.2, 0.25) is 0 Å². The summed E-state index contributed by atoms with van der Waals surface area (Å²) in [6.45, 7) is 2.58. The predicted octanol–water partition coefficient (Wildman–Crippen LogP) is 3.33. The van der Waals surface area contributed by atoms with Gasteiger partial charge in [0, 0.05) is 0 Å². The van der Waals surface area contributed by atoms with Crippen molar-refractivity contribution in [1.82, 2.24) is 0 Å². The van der Waals surface area contributed by atoms with Crippen molar-refractivity contribution in [3.05, 3.63) is 48.5 Å². The maximum atomic E-state index is 5.83. The normalized spacial score (nSPS) is 10.1. The monoisotopic (exact) mass is 213 g/mol. The number of rotatable bonds is 3. The molecule has 0 heterocycles. The van der Waals surface area contributed by atoms with Gasteiger partial charge in [-0.05, 0) is 30.2 Å². The van der Waals surface area contributed by atoms with Crippen LogP contribution in [0.1, 0.15) is 6.92 Å². The number of hydrogen-bond acceptors (Lipinski definition) is 2. The average Bonchev–Trinajstić information content (AvgIpc) is 2.33. The molecule has 0 radical (unpaired) electrons. The van der Waals surface area contributed by atoms with Gasteiger partial charge in [0.1, 0.15) is 5.75 Å². The highest BCUT2D eigenvalue weighted by atomic mass is 16.5. The van der Waals surface area contributed by atoms with Crippen LogP contribution in [0.15, 0.2) is 48.5 Å². The Kier molecular flexibility index (Phi) is 3.10. The Labute approximate surface area is 95.7 Å². The fourth-order valence-corrected chi connectivity index (χ4v) is 1.63. The highest BCUT2D eigenvalue weighted by Crippen LogP contribution is 2.28. The SMILES string of the molecule is CCOc1cc(-c2ccccc2)ccc1N. The summed E-state index contributed by atoms with van der Waals surface area (Å²) in [4.78, 5) is 0. The zero-order valence-electron chi connectivity index (χ0n) is 9.31. The summed E-state index contributed by atoms with van der Waals surface area (Å²) >= 11 is 0. The minimum atomic E-state index is 0.627. The first-order valence-electron chi connectivity index (χ1n) is 5.39. The largest absolute Gasteiger partial charge is 0.492 e. The molecule has 0 saturated carbocycles. The Morgan fingerprint density at radius 3 is 2.44 bits per heavy atom. The molecular weight excluding hydrogens is 198 g/mol. The van der Waals surface area contributed by atoms with Crippen LogP contribution in [0, 0.1) is 0 Å². The fourth-order valence-electron chi connectivity index (χ4n) is 1.63. The lowest BCUT2D eigenvalue weighted by Crippen LogP contribution is -1.96. The van der Waals surface area contributed by atoms with Crippen LogP contribution >= 0.6 is 0 Å². The number of nitrogen functional groups attached to an aromatic ring is 1. The molecule has 2 heteroatoms. The summed E-state index contributed by atoms with van der Waals surface area (Å²) in [5.41, 5.74) is 8.80. The van der Waals surface area contributed by atoms with E-state index in [0.717, 1.165) is 11.3 Å². The molecule has 16 heavy (non-hydrogen) atoms. The van der Waals surface area contributed by atoms with E-state index in [1.54, 1.807) is 0 Å². The third-order valence-electron chi connectivity index (χ3n) is 2.42. The van der Waals surface area contributed by atoms with Gasteiger partial charge in [0.05, 0.1) is 12.3 Å². The van der Waals surface area contributed by atoms with E-state index in [2.05, 4.69) is 12.1 Å². The van der Waals surface area contributed by atoms with Crippen LogP contribution in [0.4, 0.5) is 5.69 Å². The van der Waals surface area contributed by atoms with Gasteiger partial charge >= 0.3 is 0 Å². The molecular formula is C14H15NO. The van der Waals surface area contributed by atoms with Crippen LogP contribution in [-0.4, -0.2) is 6.61 Å². The number of ether oxygens (including phenoxy) is 1. The molecule has 0 fully saturated rings. The van der Waals surface area contributed by atoms with E-state index in [9.17, 15) is 0 Å². The first-order chi connectivity index (χ1) is 7.81. The summed E-state index contributed by atoms with van der Waals surface area (Å²) < 4.78 is 5.47. The summed E-state index contributed by atoms with van der Waals surface area (Å²) in [6, 6.07) is 16.1. The second kappa shape index (κ2) is 4.71. The lowest BCUT2D eigenvalue weighted by molar-refractivity contribution is 0.342. The third kappa shape index (κ3) is 2.16. The zero-order valence-corrected chi connectivity index (χ0v) is 9.31. The highest BCUT2D eigenvalue weighted by Gasteiger charge is 2.03. The standard InChI is InChI=1S/C14H15NO/c1-2-16-14-10-12(8-9-13(14)15)11-6-4-3-5-7-11/h3-10H,2,15H2,1H3. The molecule has 0 atom stereocenters. The maximum absolute atomic E-state index is 5.83. The predicted molar refractivity (Wildman–Crippen MR) is 67.5 cm³/mol. The summed E-state index contributed by atoms with van der Waals surface area (Å²) in [5.74, 6) is 0.754. The van der Waals surface area contributed by atoms with Gasteiger partial charge in [-0.1, -0.05) is 36.4 Å². The van der Waals surface area contributed by atoms with Crippen LogP contribution in [0.5, 0.6) is 5.75 Å². The van der Waals surface area contributed by atoms with Gasteiger partial charge in [-0.3, -0.25) is 0 Å². The molecule has 2 aromatic carbocycles. The van der Waals surface area contributed by atoms with E-state index in [0.29, 0.717) is 12.3 Å². The van der Waals surface area contributed by atoms with E-state index in [1.165, 1.54) is 5.56 Å². The number of anilines is 1.